The Morgan fingerprint density at radius 1 is 0.929 bits per heavy atom. The average Bonchev–Trinajstić information content (AvgIpc) is 2.99. The number of hydrogen-bond donors (Lipinski definition) is 1. The molecular formula is C35H39F3O4. The number of rotatable bonds is 12. The predicted octanol–water partition coefficient (Wildman–Crippen LogP) is 8.33. The molecule has 0 radical (unpaired) electrons. The molecule has 0 spiro atoms. The van der Waals surface area contributed by atoms with Gasteiger partial charge in [-0.05, 0) is 78.0 Å². The molecule has 1 aliphatic rings. The fourth-order valence-corrected chi connectivity index (χ4v) is 5.92. The van der Waals surface area contributed by atoms with Crippen LogP contribution in [-0.4, -0.2) is 38.0 Å². The average molecular weight is 581 g/mol. The summed E-state index contributed by atoms with van der Waals surface area (Å²) in [5.41, 5.74) is 2.05. The molecular weight excluding hydrogens is 541 g/mol. The number of methoxy groups -OCH3 is 1. The smallest absolute Gasteiger partial charge is 0.335 e. The van der Waals surface area contributed by atoms with E-state index in [1.165, 1.54) is 38.2 Å². The van der Waals surface area contributed by atoms with Crippen molar-refractivity contribution in [1.82, 2.24) is 0 Å². The van der Waals surface area contributed by atoms with E-state index in [2.05, 4.69) is 13.5 Å². The van der Waals surface area contributed by atoms with E-state index in [9.17, 15) is 4.79 Å². The Bertz CT molecular complexity index is 1350. The standard InChI is InChI=1S/C35H39F3O4/c1-4-5-23-6-8-24(9-7-23)27-14-15-30(31(36)16-27)28-17-32(37)34(33(38)18-28)26-12-10-25(11-13-26)29(20-41-3)21-42-35(40)22(2)19-39/h10-18,23-24,29,39H,2,4-9,19-21H2,1,3H3. The highest BCUT2D eigenvalue weighted by Gasteiger charge is 2.23. The Balaban J connectivity index is 1.50. The number of esters is 1. The van der Waals surface area contributed by atoms with Crippen LogP contribution < -0.4 is 0 Å². The minimum Gasteiger partial charge on any atom is -0.462 e. The Labute approximate surface area is 246 Å². The van der Waals surface area contributed by atoms with E-state index in [-0.39, 0.29) is 41.4 Å². The summed E-state index contributed by atoms with van der Waals surface area (Å²) < 4.78 is 56.3. The van der Waals surface area contributed by atoms with Gasteiger partial charge in [0.2, 0.25) is 0 Å². The van der Waals surface area contributed by atoms with Gasteiger partial charge < -0.3 is 14.6 Å². The molecule has 1 unspecified atom stereocenters. The molecule has 0 aromatic heterocycles. The first kappa shape index (κ1) is 31.5. The fourth-order valence-electron chi connectivity index (χ4n) is 5.92. The first-order valence-corrected chi connectivity index (χ1v) is 14.6. The van der Waals surface area contributed by atoms with Crippen LogP contribution in [0.15, 0.2) is 66.7 Å². The van der Waals surface area contributed by atoms with Crippen molar-refractivity contribution in [3.05, 3.63) is 95.3 Å². The van der Waals surface area contributed by atoms with E-state index in [0.29, 0.717) is 11.5 Å². The molecule has 3 aromatic rings. The van der Waals surface area contributed by atoms with Gasteiger partial charge in [-0.3, -0.25) is 0 Å². The zero-order valence-corrected chi connectivity index (χ0v) is 24.3. The fraction of sp³-hybridized carbons (Fsp3) is 0.400. The summed E-state index contributed by atoms with van der Waals surface area (Å²) in [4.78, 5) is 11.9. The zero-order valence-electron chi connectivity index (χ0n) is 24.3. The van der Waals surface area contributed by atoms with Crippen molar-refractivity contribution in [2.75, 3.05) is 26.9 Å². The van der Waals surface area contributed by atoms with Crippen LogP contribution in [0, 0.1) is 23.4 Å². The van der Waals surface area contributed by atoms with E-state index < -0.39 is 30.0 Å². The Kier molecular flexibility index (Phi) is 11.0. The first-order chi connectivity index (χ1) is 20.2. The number of halogens is 3. The normalized spacial score (nSPS) is 17.6. The second kappa shape index (κ2) is 14.7. The number of hydrogen-bond acceptors (Lipinski definition) is 4. The van der Waals surface area contributed by atoms with Crippen molar-refractivity contribution in [2.24, 2.45) is 5.92 Å². The van der Waals surface area contributed by atoms with E-state index in [0.717, 1.165) is 42.7 Å². The number of aliphatic hydroxyl groups is 1. The highest BCUT2D eigenvalue weighted by atomic mass is 19.1. The molecule has 0 heterocycles. The van der Waals surface area contributed by atoms with Crippen molar-refractivity contribution in [1.29, 1.82) is 0 Å². The first-order valence-electron chi connectivity index (χ1n) is 14.6. The topological polar surface area (TPSA) is 55.8 Å². The summed E-state index contributed by atoms with van der Waals surface area (Å²) in [6.07, 6.45) is 6.82. The minimum absolute atomic E-state index is 0.0209. The van der Waals surface area contributed by atoms with Crippen LogP contribution in [0.5, 0.6) is 0 Å². The molecule has 4 rings (SSSR count). The maximum absolute atomic E-state index is 15.3. The molecule has 0 aliphatic heterocycles. The van der Waals surface area contributed by atoms with Gasteiger partial charge in [0.05, 0.1) is 24.4 Å². The maximum Gasteiger partial charge on any atom is 0.335 e. The third kappa shape index (κ3) is 7.50. The molecule has 0 amide bonds. The molecule has 0 saturated heterocycles. The zero-order chi connectivity index (χ0) is 30.2. The predicted molar refractivity (Wildman–Crippen MR) is 159 cm³/mol. The number of carbonyl (C=O) groups is 1. The van der Waals surface area contributed by atoms with Crippen LogP contribution in [0.3, 0.4) is 0 Å². The van der Waals surface area contributed by atoms with Crippen molar-refractivity contribution < 1.29 is 32.5 Å². The number of benzene rings is 3. The van der Waals surface area contributed by atoms with Gasteiger partial charge in [-0.1, -0.05) is 62.7 Å². The van der Waals surface area contributed by atoms with E-state index in [4.69, 9.17) is 14.6 Å². The summed E-state index contributed by atoms with van der Waals surface area (Å²) in [6.45, 7) is 5.36. The summed E-state index contributed by atoms with van der Waals surface area (Å²) in [6, 6.07) is 13.9. The van der Waals surface area contributed by atoms with Crippen LogP contribution in [0.1, 0.15) is 68.4 Å². The molecule has 42 heavy (non-hydrogen) atoms. The van der Waals surface area contributed by atoms with Gasteiger partial charge >= 0.3 is 5.97 Å². The van der Waals surface area contributed by atoms with Crippen LogP contribution in [0.4, 0.5) is 13.2 Å². The number of ether oxygens (including phenoxy) is 2. The third-order valence-corrected chi connectivity index (χ3v) is 8.30. The molecule has 0 bridgehead atoms. The summed E-state index contributed by atoms with van der Waals surface area (Å²) in [5.74, 6) is -2.04. The summed E-state index contributed by atoms with van der Waals surface area (Å²) >= 11 is 0. The van der Waals surface area contributed by atoms with Gasteiger partial charge in [-0.15, -0.1) is 0 Å². The van der Waals surface area contributed by atoms with Gasteiger partial charge in [0, 0.05) is 18.6 Å². The lowest BCUT2D eigenvalue weighted by atomic mass is 9.77. The Morgan fingerprint density at radius 2 is 1.60 bits per heavy atom. The molecule has 1 saturated carbocycles. The molecule has 3 aromatic carbocycles. The van der Waals surface area contributed by atoms with Crippen molar-refractivity contribution >= 4 is 5.97 Å². The lowest BCUT2D eigenvalue weighted by Crippen LogP contribution is -2.18. The highest BCUT2D eigenvalue weighted by Crippen LogP contribution is 2.39. The maximum atomic E-state index is 15.3. The van der Waals surface area contributed by atoms with Gasteiger partial charge in [-0.2, -0.15) is 0 Å². The van der Waals surface area contributed by atoms with E-state index in [1.54, 1.807) is 30.3 Å². The quantitative estimate of drug-likeness (QED) is 0.173. The molecule has 1 aliphatic carbocycles. The molecule has 1 N–H and O–H groups in total. The monoisotopic (exact) mass is 580 g/mol. The van der Waals surface area contributed by atoms with E-state index in [1.807, 2.05) is 6.07 Å². The van der Waals surface area contributed by atoms with Gasteiger partial charge in [-0.25, -0.2) is 18.0 Å². The SMILES string of the molecule is C=C(CO)C(=O)OCC(COC)c1ccc(-c2c(F)cc(-c3ccc(C4CCC(CCC)CC4)cc3F)cc2F)cc1. The van der Waals surface area contributed by atoms with Crippen molar-refractivity contribution in [2.45, 2.75) is 57.3 Å². The molecule has 224 valence electrons. The van der Waals surface area contributed by atoms with Crippen molar-refractivity contribution in [3.63, 3.8) is 0 Å². The molecule has 1 fully saturated rings. The van der Waals surface area contributed by atoms with Crippen LogP contribution in [0.25, 0.3) is 22.3 Å². The molecule has 1 atom stereocenters. The van der Waals surface area contributed by atoms with Crippen LogP contribution >= 0.6 is 0 Å². The van der Waals surface area contributed by atoms with Crippen molar-refractivity contribution in [3.8, 4) is 22.3 Å². The largest absolute Gasteiger partial charge is 0.462 e. The molecule has 4 nitrogen and oxygen atoms in total. The van der Waals surface area contributed by atoms with Gasteiger partial charge in [0.1, 0.15) is 24.1 Å². The lowest BCUT2D eigenvalue weighted by Gasteiger charge is -2.28. The minimum atomic E-state index is -0.791. The van der Waals surface area contributed by atoms with Gasteiger partial charge in [0.25, 0.3) is 0 Å². The summed E-state index contributed by atoms with van der Waals surface area (Å²) in [5, 5.41) is 9.05. The number of aliphatic hydroxyl groups excluding tert-OH is 1. The Morgan fingerprint density at radius 3 is 2.17 bits per heavy atom. The Hall–Kier alpha value is -3.42. The third-order valence-electron chi connectivity index (χ3n) is 8.30. The molecule has 7 heteroatoms. The highest BCUT2D eigenvalue weighted by molar-refractivity contribution is 5.87. The van der Waals surface area contributed by atoms with Gasteiger partial charge in [0.15, 0.2) is 0 Å². The second-order valence-electron chi connectivity index (χ2n) is 11.2. The van der Waals surface area contributed by atoms with Crippen LogP contribution in [0.2, 0.25) is 0 Å². The summed E-state index contributed by atoms with van der Waals surface area (Å²) in [7, 11) is 1.51. The lowest BCUT2D eigenvalue weighted by molar-refractivity contribution is -0.140. The second-order valence-corrected chi connectivity index (χ2v) is 11.2. The van der Waals surface area contributed by atoms with E-state index >= 15 is 13.2 Å². The van der Waals surface area contributed by atoms with Crippen LogP contribution in [-0.2, 0) is 14.3 Å². The number of carbonyl (C=O) groups excluding carboxylic acids is 1.